The number of nitrogens with zero attached hydrogens (tertiary/aromatic N) is 1. The number of nitrogens with one attached hydrogen (secondary N) is 1. The first-order valence-corrected chi connectivity index (χ1v) is 8.55. The molecule has 1 N–H and O–H groups in total. The first kappa shape index (κ1) is 16.2. The van der Waals surface area contributed by atoms with E-state index in [0.29, 0.717) is 18.7 Å². The van der Waals surface area contributed by atoms with Crippen LogP contribution in [0.15, 0.2) is 60.0 Å². The van der Waals surface area contributed by atoms with E-state index < -0.39 is 0 Å². The predicted octanol–water partition coefficient (Wildman–Crippen LogP) is 3.96. The third-order valence-corrected chi connectivity index (χ3v) is 4.43. The molecule has 0 saturated carbocycles. The minimum absolute atomic E-state index is 0.116. The van der Waals surface area contributed by atoms with Crippen molar-refractivity contribution in [3.8, 4) is 5.75 Å². The van der Waals surface area contributed by atoms with Gasteiger partial charge in [0.15, 0.2) is 0 Å². The summed E-state index contributed by atoms with van der Waals surface area (Å²) in [7, 11) is 0. The Hall–Kier alpha value is -2.66. The molecule has 2 aromatic carbocycles. The van der Waals surface area contributed by atoms with Crippen molar-refractivity contribution < 1.29 is 9.53 Å². The van der Waals surface area contributed by atoms with Gasteiger partial charge in [-0.15, -0.1) is 11.3 Å². The van der Waals surface area contributed by atoms with Crippen molar-refractivity contribution in [2.45, 2.75) is 20.1 Å². The fraction of sp³-hybridized carbons (Fsp3) is 0.158. The molecule has 3 aromatic rings. The maximum atomic E-state index is 12.5. The summed E-state index contributed by atoms with van der Waals surface area (Å²) in [6.07, 6.45) is 0. The second-order valence-corrected chi connectivity index (χ2v) is 6.27. The SMILES string of the molecule is Cc1csc(CNC(=O)c2ccccc2COc2ccccc2)n1. The van der Waals surface area contributed by atoms with Crippen LogP contribution in [0.1, 0.15) is 26.6 Å². The molecule has 0 saturated heterocycles. The number of thiazole rings is 1. The molecule has 1 heterocycles. The van der Waals surface area contributed by atoms with Gasteiger partial charge in [0.25, 0.3) is 5.91 Å². The zero-order chi connectivity index (χ0) is 16.8. The molecular formula is C19H18N2O2S. The monoisotopic (exact) mass is 338 g/mol. The summed E-state index contributed by atoms with van der Waals surface area (Å²) in [5, 5.41) is 5.80. The van der Waals surface area contributed by atoms with E-state index in [0.717, 1.165) is 22.0 Å². The van der Waals surface area contributed by atoms with E-state index in [1.54, 1.807) is 11.3 Å². The van der Waals surface area contributed by atoms with E-state index in [9.17, 15) is 4.79 Å². The van der Waals surface area contributed by atoms with Gasteiger partial charge >= 0.3 is 0 Å². The third kappa shape index (κ3) is 4.20. The molecule has 0 atom stereocenters. The van der Waals surface area contributed by atoms with Crippen LogP contribution < -0.4 is 10.1 Å². The number of hydrogen-bond donors (Lipinski definition) is 1. The number of carbonyl (C=O) groups is 1. The smallest absolute Gasteiger partial charge is 0.252 e. The Morgan fingerprint density at radius 1 is 1.12 bits per heavy atom. The van der Waals surface area contributed by atoms with Crippen molar-refractivity contribution in [3.05, 3.63) is 81.8 Å². The Bertz CT molecular complexity index is 815. The number of aryl methyl sites for hydroxylation is 1. The third-order valence-electron chi connectivity index (χ3n) is 3.47. The molecule has 0 bridgehead atoms. The molecule has 0 aliphatic rings. The van der Waals surface area contributed by atoms with Crippen LogP contribution in [0.25, 0.3) is 0 Å². The molecule has 5 heteroatoms. The van der Waals surface area contributed by atoms with Gasteiger partial charge < -0.3 is 10.1 Å². The minimum atomic E-state index is -0.116. The normalized spacial score (nSPS) is 10.4. The number of aromatic nitrogens is 1. The molecule has 122 valence electrons. The summed E-state index contributed by atoms with van der Waals surface area (Å²) in [5.74, 6) is 0.668. The molecule has 0 aliphatic heterocycles. The minimum Gasteiger partial charge on any atom is -0.489 e. The lowest BCUT2D eigenvalue weighted by Crippen LogP contribution is -2.24. The molecule has 0 aliphatic carbocycles. The van der Waals surface area contributed by atoms with Gasteiger partial charge in [-0.25, -0.2) is 4.98 Å². The summed E-state index contributed by atoms with van der Waals surface area (Å²) < 4.78 is 5.76. The van der Waals surface area contributed by atoms with E-state index in [4.69, 9.17) is 4.74 Å². The Morgan fingerprint density at radius 2 is 1.88 bits per heavy atom. The number of benzene rings is 2. The lowest BCUT2D eigenvalue weighted by Gasteiger charge is -2.11. The Balaban J connectivity index is 1.65. The van der Waals surface area contributed by atoms with Gasteiger partial charge in [0.1, 0.15) is 17.4 Å². The average molecular weight is 338 g/mol. The molecular weight excluding hydrogens is 320 g/mol. The average Bonchev–Trinajstić information content (AvgIpc) is 3.04. The Labute approximate surface area is 145 Å². The maximum Gasteiger partial charge on any atom is 0.252 e. The van der Waals surface area contributed by atoms with Crippen LogP contribution in [0, 0.1) is 6.92 Å². The number of rotatable bonds is 6. The fourth-order valence-corrected chi connectivity index (χ4v) is 2.99. The summed E-state index contributed by atoms with van der Waals surface area (Å²) in [4.78, 5) is 16.8. The molecule has 0 radical (unpaired) electrons. The van der Waals surface area contributed by atoms with Crippen LogP contribution in [-0.4, -0.2) is 10.9 Å². The summed E-state index contributed by atoms with van der Waals surface area (Å²) >= 11 is 1.55. The predicted molar refractivity (Wildman–Crippen MR) is 95.2 cm³/mol. The van der Waals surface area contributed by atoms with Gasteiger partial charge in [-0.1, -0.05) is 36.4 Å². The highest BCUT2D eigenvalue weighted by molar-refractivity contribution is 7.09. The van der Waals surface area contributed by atoms with E-state index >= 15 is 0 Å². The van der Waals surface area contributed by atoms with Gasteiger partial charge in [0.2, 0.25) is 0 Å². The molecule has 0 fully saturated rings. The van der Waals surface area contributed by atoms with Crippen molar-refractivity contribution in [1.82, 2.24) is 10.3 Å². The number of carbonyl (C=O) groups excluding carboxylic acids is 1. The molecule has 1 aromatic heterocycles. The fourth-order valence-electron chi connectivity index (χ4n) is 2.28. The first-order valence-electron chi connectivity index (χ1n) is 7.67. The largest absolute Gasteiger partial charge is 0.489 e. The van der Waals surface area contributed by atoms with Crippen LogP contribution in [-0.2, 0) is 13.2 Å². The van der Waals surface area contributed by atoms with Gasteiger partial charge in [0, 0.05) is 22.2 Å². The van der Waals surface area contributed by atoms with Crippen LogP contribution in [0.3, 0.4) is 0 Å². The van der Waals surface area contributed by atoms with E-state index in [2.05, 4.69) is 10.3 Å². The highest BCUT2D eigenvalue weighted by Crippen LogP contribution is 2.15. The van der Waals surface area contributed by atoms with Crippen LogP contribution in [0.2, 0.25) is 0 Å². The summed E-state index contributed by atoms with van der Waals surface area (Å²) in [5.41, 5.74) is 2.46. The second-order valence-electron chi connectivity index (χ2n) is 5.32. The van der Waals surface area contributed by atoms with Crippen molar-refractivity contribution in [3.63, 3.8) is 0 Å². The second kappa shape index (κ2) is 7.75. The molecule has 0 unspecified atom stereocenters. The van der Waals surface area contributed by atoms with Crippen LogP contribution in [0.4, 0.5) is 0 Å². The summed E-state index contributed by atoms with van der Waals surface area (Å²) in [6.45, 7) is 2.73. The maximum absolute atomic E-state index is 12.5. The highest BCUT2D eigenvalue weighted by atomic mass is 32.1. The van der Waals surface area contributed by atoms with Crippen molar-refractivity contribution in [2.24, 2.45) is 0 Å². The van der Waals surface area contributed by atoms with Gasteiger partial charge in [-0.3, -0.25) is 4.79 Å². The first-order chi connectivity index (χ1) is 11.7. The van der Waals surface area contributed by atoms with E-state index in [1.165, 1.54) is 0 Å². The van der Waals surface area contributed by atoms with Crippen LogP contribution >= 0.6 is 11.3 Å². The van der Waals surface area contributed by atoms with Crippen molar-refractivity contribution >= 4 is 17.2 Å². The van der Waals surface area contributed by atoms with Crippen molar-refractivity contribution in [1.29, 1.82) is 0 Å². The zero-order valence-electron chi connectivity index (χ0n) is 13.4. The van der Waals surface area contributed by atoms with Crippen molar-refractivity contribution in [2.75, 3.05) is 0 Å². The van der Waals surface area contributed by atoms with E-state index in [-0.39, 0.29) is 5.91 Å². The Kier molecular flexibility index (Phi) is 5.23. The molecule has 4 nitrogen and oxygen atoms in total. The summed E-state index contributed by atoms with van der Waals surface area (Å²) in [6, 6.07) is 17.1. The molecule has 24 heavy (non-hydrogen) atoms. The Morgan fingerprint density at radius 3 is 2.62 bits per heavy atom. The number of ether oxygens (including phenoxy) is 1. The van der Waals surface area contributed by atoms with Gasteiger partial charge in [-0.2, -0.15) is 0 Å². The highest BCUT2D eigenvalue weighted by Gasteiger charge is 2.12. The number of hydrogen-bond acceptors (Lipinski definition) is 4. The molecule has 1 amide bonds. The molecule has 3 rings (SSSR count). The topological polar surface area (TPSA) is 51.2 Å². The number of para-hydroxylation sites is 1. The molecule has 0 spiro atoms. The number of amides is 1. The zero-order valence-corrected chi connectivity index (χ0v) is 14.2. The lowest BCUT2D eigenvalue weighted by molar-refractivity contribution is 0.0948. The van der Waals surface area contributed by atoms with Crippen LogP contribution in [0.5, 0.6) is 5.75 Å². The lowest BCUT2D eigenvalue weighted by atomic mass is 10.1. The van der Waals surface area contributed by atoms with Gasteiger partial charge in [0.05, 0.1) is 6.54 Å². The van der Waals surface area contributed by atoms with E-state index in [1.807, 2.05) is 66.9 Å². The van der Waals surface area contributed by atoms with Gasteiger partial charge in [-0.05, 0) is 25.1 Å². The standard InChI is InChI=1S/C19H18N2O2S/c1-14-13-24-18(21-14)11-20-19(22)17-10-6-5-7-15(17)12-23-16-8-3-2-4-9-16/h2-10,13H,11-12H2,1H3,(H,20,22). The quantitative estimate of drug-likeness (QED) is 0.740.